The maximum absolute atomic E-state index is 12.2. The number of aliphatic carboxylic acids is 1. The molecule has 21 heavy (non-hydrogen) atoms. The number of rotatable bonds is 2. The summed E-state index contributed by atoms with van der Waals surface area (Å²) in [6.07, 6.45) is 1.33. The lowest BCUT2D eigenvalue weighted by Crippen LogP contribution is -2.52. The number of carbonyl (C=O) groups is 2. The normalized spacial score (nSPS) is 25.1. The molecule has 1 amide bonds. The van der Waals surface area contributed by atoms with E-state index in [4.69, 9.17) is 0 Å². The van der Waals surface area contributed by atoms with Gasteiger partial charge in [0.05, 0.1) is 6.04 Å². The number of carboxylic acids is 1. The first-order valence-electron chi connectivity index (χ1n) is 6.86. The Morgan fingerprint density at radius 2 is 1.81 bits per heavy atom. The molecule has 104 valence electrons. The highest BCUT2D eigenvalue weighted by molar-refractivity contribution is 5.91. The highest BCUT2D eigenvalue weighted by atomic mass is 16.4. The molecule has 0 spiro atoms. The fraction of sp³-hybridized carbons (Fsp3) is 0.176. The molecule has 1 N–H and O–H groups in total. The molecule has 2 aromatic carbocycles. The maximum Gasteiger partial charge on any atom is 0.339 e. The van der Waals surface area contributed by atoms with E-state index < -0.39 is 11.5 Å². The average Bonchev–Trinajstić information content (AvgIpc) is 2.72. The fourth-order valence-electron chi connectivity index (χ4n) is 3.89. The van der Waals surface area contributed by atoms with Crippen LogP contribution in [0.2, 0.25) is 0 Å². The first-order valence-corrected chi connectivity index (χ1v) is 6.86. The van der Waals surface area contributed by atoms with E-state index in [0.717, 1.165) is 11.1 Å². The van der Waals surface area contributed by atoms with Gasteiger partial charge in [0.15, 0.2) is 5.54 Å². The fourth-order valence-corrected chi connectivity index (χ4v) is 3.89. The van der Waals surface area contributed by atoms with Crippen molar-refractivity contribution in [3.8, 4) is 0 Å². The van der Waals surface area contributed by atoms with E-state index in [0.29, 0.717) is 24.0 Å². The number of hydrogen-bond acceptors (Lipinski definition) is 2. The van der Waals surface area contributed by atoms with Crippen LogP contribution >= 0.6 is 0 Å². The van der Waals surface area contributed by atoms with Crippen LogP contribution in [0.5, 0.6) is 0 Å². The van der Waals surface area contributed by atoms with Crippen LogP contribution in [0.3, 0.4) is 0 Å². The second-order valence-electron chi connectivity index (χ2n) is 5.49. The lowest BCUT2D eigenvalue weighted by Gasteiger charge is -2.41. The molecule has 2 bridgehead atoms. The predicted octanol–water partition coefficient (Wildman–Crippen LogP) is 2.08. The van der Waals surface area contributed by atoms with E-state index in [1.807, 2.05) is 48.5 Å². The summed E-state index contributed by atoms with van der Waals surface area (Å²) in [4.78, 5) is 25.4. The van der Waals surface area contributed by atoms with Gasteiger partial charge in [0.2, 0.25) is 6.41 Å². The summed E-state index contributed by atoms with van der Waals surface area (Å²) in [5.41, 5.74) is 1.95. The van der Waals surface area contributed by atoms with Crippen molar-refractivity contribution in [2.75, 3.05) is 0 Å². The van der Waals surface area contributed by atoms with Gasteiger partial charge in [-0.15, -0.1) is 0 Å². The van der Waals surface area contributed by atoms with Gasteiger partial charge < -0.3 is 10.0 Å². The molecule has 2 aliphatic rings. The Hall–Kier alpha value is -2.62. The summed E-state index contributed by atoms with van der Waals surface area (Å²) in [5.74, 6) is -1.00. The van der Waals surface area contributed by atoms with E-state index in [9.17, 15) is 14.7 Å². The smallest absolute Gasteiger partial charge is 0.339 e. The van der Waals surface area contributed by atoms with Crippen LogP contribution in [0, 0.1) is 0 Å². The lowest BCUT2D eigenvalue weighted by atomic mass is 9.79. The number of carboxylic acid groups (broad SMARTS) is 1. The molecule has 4 rings (SSSR count). The molecule has 2 aliphatic heterocycles. The molecule has 4 heteroatoms. The van der Waals surface area contributed by atoms with Gasteiger partial charge in [-0.3, -0.25) is 4.79 Å². The van der Waals surface area contributed by atoms with Crippen LogP contribution in [-0.4, -0.2) is 22.4 Å². The van der Waals surface area contributed by atoms with Gasteiger partial charge in [0.1, 0.15) is 0 Å². The number of amides is 1. The number of carbonyl (C=O) groups excluding carboxylic acids is 1. The van der Waals surface area contributed by atoms with Gasteiger partial charge >= 0.3 is 5.97 Å². The molecule has 0 fully saturated rings. The van der Waals surface area contributed by atoms with Crippen LogP contribution in [0.15, 0.2) is 48.5 Å². The third-order valence-electron chi connectivity index (χ3n) is 4.68. The van der Waals surface area contributed by atoms with Crippen LogP contribution < -0.4 is 0 Å². The van der Waals surface area contributed by atoms with Crippen molar-refractivity contribution >= 4 is 12.4 Å². The van der Waals surface area contributed by atoms with Gasteiger partial charge in [0.25, 0.3) is 0 Å². The number of fused-ring (bicyclic) bond motifs is 7. The molecule has 2 aromatic rings. The average molecular weight is 279 g/mol. The second-order valence-corrected chi connectivity index (χ2v) is 5.49. The molecular weight excluding hydrogens is 266 g/mol. The van der Waals surface area contributed by atoms with E-state index in [-0.39, 0.29) is 6.04 Å². The van der Waals surface area contributed by atoms with Crippen LogP contribution in [0.1, 0.15) is 28.3 Å². The van der Waals surface area contributed by atoms with Crippen molar-refractivity contribution < 1.29 is 14.7 Å². The third kappa shape index (κ3) is 1.25. The number of benzene rings is 2. The summed E-state index contributed by atoms with van der Waals surface area (Å²) in [6, 6.07) is 14.8. The van der Waals surface area contributed by atoms with E-state index in [2.05, 4.69) is 0 Å². The van der Waals surface area contributed by atoms with E-state index >= 15 is 0 Å². The zero-order valence-electron chi connectivity index (χ0n) is 11.2. The van der Waals surface area contributed by atoms with Gasteiger partial charge in [-0.05, 0) is 28.7 Å². The van der Waals surface area contributed by atoms with Gasteiger partial charge in [-0.2, -0.15) is 0 Å². The standard InChI is InChI=1S/C17H13NO3/c19-10-18-15-9-11-5-1-3-7-13(11)17(18,16(20)21)14-8-4-2-6-12(14)15/h1-8,10,15H,9H2,(H,20,21). The van der Waals surface area contributed by atoms with Crippen molar-refractivity contribution in [1.29, 1.82) is 0 Å². The minimum atomic E-state index is -1.39. The SMILES string of the molecule is O=CN1C2Cc3ccccc3C1(C(=O)O)c1ccccc12. The quantitative estimate of drug-likeness (QED) is 0.856. The van der Waals surface area contributed by atoms with Crippen LogP contribution in [-0.2, 0) is 21.5 Å². The Bertz CT molecular complexity index is 757. The number of nitrogens with zero attached hydrogens (tertiary/aromatic N) is 1. The predicted molar refractivity (Wildman–Crippen MR) is 75.6 cm³/mol. The minimum Gasteiger partial charge on any atom is -0.479 e. The monoisotopic (exact) mass is 279 g/mol. The Morgan fingerprint density at radius 1 is 1.14 bits per heavy atom. The second kappa shape index (κ2) is 3.95. The molecule has 0 saturated carbocycles. The molecule has 0 saturated heterocycles. The molecule has 2 unspecified atom stereocenters. The maximum atomic E-state index is 12.2. The topological polar surface area (TPSA) is 57.6 Å². The Labute approximate surface area is 121 Å². The summed E-state index contributed by atoms with van der Waals surface area (Å²) >= 11 is 0. The molecule has 2 atom stereocenters. The van der Waals surface area contributed by atoms with Crippen molar-refractivity contribution in [3.05, 3.63) is 70.8 Å². The van der Waals surface area contributed by atoms with Gasteiger partial charge in [0, 0.05) is 0 Å². The first-order chi connectivity index (χ1) is 10.2. The summed E-state index contributed by atoms with van der Waals surface area (Å²) in [6.45, 7) is 0. The van der Waals surface area contributed by atoms with Crippen LogP contribution in [0.25, 0.3) is 0 Å². The minimum absolute atomic E-state index is 0.204. The van der Waals surface area contributed by atoms with E-state index in [1.165, 1.54) is 4.90 Å². The van der Waals surface area contributed by atoms with Crippen LogP contribution in [0.4, 0.5) is 0 Å². The third-order valence-corrected chi connectivity index (χ3v) is 4.68. The Kier molecular flexibility index (Phi) is 2.28. The molecular formula is C17H13NO3. The zero-order chi connectivity index (χ0) is 14.6. The van der Waals surface area contributed by atoms with Crippen molar-refractivity contribution in [2.45, 2.75) is 18.0 Å². The first kappa shape index (κ1) is 12.1. The zero-order valence-corrected chi connectivity index (χ0v) is 11.2. The Morgan fingerprint density at radius 3 is 2.52 bits per heavy atom. The van der Waals surface area contributed by atoms with Crippen molar-refractivity contribution in [3.63, 3.8) is 0 Å². The molecule has 4 nitrogen and oxygen atoms in total. The van der Waals surface area contributed by atoms with Crippen molar-refractivity contribution in [2.24, 2.45) is 0 Å². The molecule has 0 radical (unpaired) electrons. The lowest BCUT2D eigenvalue weighted by molar-refractivity contribution is -0.154. The molecule has 0 aromatic heterocycles. The molecule has 0 aliphatic carbocycles. The Balaban J connectivity index is 2.15. The largest absolute Gasteiger partial charge is 0.479 e. The summed E-state index contributed by atoms with van der Waals surface area (Å²) in [7, 11) is 0. The van der Waals surface area contributed by atoms with Gasteiger partial charge in [-0.1, -0.05) is 48.5 Å². The summed E-state index contributed by atoms with van der Waals surface area (Å²) in [5, 5.41) is 10.0. The number of hydrogen-bond donors (Lipinski definition) is 1. The highest BCUT2D eigenvalue weighted by Gasteiger charge is 2.59. The van der Waals surface area contributed by atoms with E-state index in [1.54, 1.807) is 0 Å². The summed E-state index contributed by atoms with van der Waals surface area (Å²) < 4.78 is 0. The van der Waals surface area contributed by atoms with Crippen molar-refractivity contribution in [1.82, 2.24) is 4.90 Å². The molecule has 2 heterocycles. The highest BCUT2D eigenvalue weighted by Crippen LogP contribution is 2.54. The van der Waals surface area contributed by atoms with Gasteiger partial charge in [-0.25, -0.2) is 4.79 Å².